The fourth-order valence-corrected chi connectivity index (χ4v) is 3.80. The van der Waals surface area contributed by atoms with Crippen molar-refractivity contribution in [3.05, 3.63) is 29.8 Å². The van der Waals surface area contributed by atoms with Gasteiger partial charge in [-0.2, -0.15) is 18.0 Å². The Bertz CT molecular complexity index is 599. The van der Waals surface area contributed by atoms with Crippen LogP contribution in [0.1, 0.15) is 31.2 Å². The van der Waals surface area contributed by atoms with Crippen molar-refractivity contribution in [2.75, 3.05) is 24.4 Å². The Morgan fingerprint density at radius 1 is 1.20 bits per heavy atom. The van der Waals surface area contributed by atoms with Crippen molar-refractivity contribution in [3.63, 3.8) is 0 Å². The minimum absolute atomic E-state index is 0.459. The van der Waals surface area contributed by atoms with Crippen LogP contribution < -0.4 is 4.31 Å². The molecule has 0 atom stereocenters. The molecule has 0 N–H and O–H groups in total. The fourth-order valence-electron chi connectivity index (χ4n) is 2.35. The van der Waals surface area contributed by atoms with Gasteiger partial charge in [-0.15, -0.1) is 0 Å². The molecule has 1 saturated heterocycles. The smallest absolute Gasteiger partial charge is 0.261 e. The molecule has 0 amide bonds. The molecule has 0 spiro atoms. The van der Waals surface area contributed by atoms with Crippen LogP contribution in [0.5, 0.6) is 0 Å². The highest BCUT2D eigenvalue weighted by Crippen LogP contribution is 2.22. The average molecular weight is 293 g/mol. The quantitative estimate of drug-likeness (QED) is 0.857. The van der Waals surface area contributed by atoms with Crippen LogP contribution in [-0.4, -0.2) is 32.9 Å². The molecular weight excluding hydrogens is 274 g/mol. The van der Waals surface area contributed by atoms with Crippen molar-refractivity contribution in [3.8, 4) is 6.07 Å². The summed E-state index contributed by atoms with van der Waals surface area (Å²) >= 11 is 0. The second-order valence-corrected chi connectivity index (χ2v) is 6.91. The van der Waals surface area contributed by atoms with E-state index in [1.807, 2.05) is 6.07 Å². The lowest BCUT2D eigenvalue weighted by Gasteiger charge is -2.27. The molecule has 0 saturated carbocycles. The van der Waals surface area contributed by atoms with Gasteiger partial charge < -0.3 is 0 Å². The monoisotopic (exact) mass is 293 g/mol. The number of hydrogen-bond donors (Lipinski definition) is 0. The first-order valence-electron chi connectivity index (χ1n) is 6.80. The van der Waals surface area contributed by atoms with Gasteiger partial charge in [-0.1, -0.05) is 18.9 Å². The summed E-state index contributed by atoms with van der Waals surface area (Å²) in [5.74, 6) is 0. The summed E-state index contributed by atoms with van der Waals surface area (Å²) in [5.41, 5.74) is 0.980. The molecule has 0 radical (unpaired) electrons. The third kappa shape index (κ3) is 3.11. The van der Waals surface area contributed by atoms with Gasteiger partial charge in [0.15, 0.2) is 0 Å². The van der Waals surface area contributed by atoms with Crippen molar-refractivity contribution < 1.29 is 8.42 Å². The number of rotatable bonds is 3. The van der Waals surface area contributed by atoms with E-state index in [2.05, 4.69) is 0 Å². The number of anilines is 1. The molecule has 0 unspecified atom stereocenters. The van der Waals surface area contributed by atoms with Crippen molar-refractivity contribution in [1.82, 2.24) is 4.31 Å². The van der Waals surface area contributed by atoms with E-state index in [0.717, 1.165) is 25.7 Å². The number of hydrogen-bond acceptors (Lipinski definition) is 3. The zero-order valence-electron chi connectivity index (χ0n) is 11.6. The van der Waals surface area contributed by atoms with Crippen LogP contribution in [0.2, 0.25) is 0 Å². The molecule has 1 aromatic carbocycles. The Hall–Kier alpha value is -1.58. The molecule has 5 nitrogen and oxygen atoms in total. The van der Waals surface area contributed by atoms with E-state index in [-0.39, 0.29) is 0 Å². The van der Waals surface area contributed by atoms with Crippen LogP contribution in [-0.2, 0) is 10.2 Å². The van der Waals surface area contributed by atoms with E-state index in [1.165, 1.54) is 11.4 Å². The first-order chi connectivity index (χ1) is 9.55. The largest absolute Gasteiger partial charge is 0.303 e. The zero-order valence-corrected chi connectivity index (χ0v) is 12.4. The second-order valence-electron chi connectivity index (χ2n) is 4.95. The first-order valence-corrected chi connectivity index (χ1v) is 8.19. The molecule has 108 valence electrons. The number of nitriles is 1. The van der Waals surface area contributed by atoms with Crippen molar-refractivity contribution in [2.45, 2.75) is 25.7 Å². The van der Waals surface area contributed by atoms with Crippen molar-refractivity contribution in [2.24, 2.45) is 0 Å². The SMILES string of the molecule is CN(c1cccc(C#N)c1)S(=O)(=O)N1CCCCCC1. The van der Waals surface area contributed by atoms with Gasteiger partial charge in [-0.25, -0.2) is 0 Å². The summed E-state index contributed by atoms with van der Waals surface area (Å²) in [6.07, 6.45) is 3.98. The molecule has 1 aliphatic rings. The van der Waals surface area contributed by atoms with Crippen LogP contribution in [0.3, 0.4) is 0 Å². The third-order valence-corrected chi connectivity index (χ3v) is 5.50. The third-order valence-electron chi connectivity index (χ3n) is 3.58. The van der Waals surface area contributed by atoms with Crippen molar-refractivity contribution >= 4 is 15.9 Å². The van der Waals surface area contributed by atoms with E-state index < -0.39 is 10.2 Å². The van der Waals surface area contributed by atoms with Gasteiger partial charge in [0.1, 0.15) is 0 Å². The first kappa shape index (κ1) is 14.8. The number of nitrogens with zero attached hydrogens (tertiary/aromatic N) is 3. The minimum Gasteiger partial charge on any atom is -0.261 e. The summed E-state index contributed by atoms with van der Waals surface area (Å²) in [5, 5.41) is 8.90. The lowest BCUT2D eigenvalue weighted by molar-refractivity contribution is 0.422. The van der Waals surface area contributed by atoms with Crippen molar-refractivity contribution in [1.29, 1.82) is 5.26 Å². The van der Waals surface area contributed by atoms with Gasteiger partial charge in [-0.05, 0) is 31.0 Å². The summed E-state index contributed by atoms with van der Waals surface area (Å²) in [7, 11) is -1.97. The molecule has 1 heterocycles. The molecule has 1 aromatic rings. The van der Waals surface area contributed by atoms with E-state index >= 15 is 0 Å². The van der Waals surface area contributed by atoms with Crippen LogP contribution in [0.4, 0.5) is 5.69 Å². The summed E-state index contributed by atoms with van der Waals surface area (Å²) < 4.78 is 28.0. The molecule has 2 rings (SSSR count). The van der Waals surface area contributed by atoms with Gasteiger partial charge in [0.25, 0.3) is 0 Å². The maximum Gasteiger partial charge on any atom is 0.303 e. The normalized spacial score (nSPS) is 17.2. The lowest BCUT2D eigenvalue weighted by atomic mass is 10.2. The van der Waals surface area contributed by atoms with Crippen LogP contribution in [0.25, 0.3) is 0 Å². The van der Waals surface area contributed by atoms with E-state index in [9.17, 15) is 8.42 Å². The molecule has 0 aliphatic carbocycles. The predicted octanol–water partition coefficient (Wildman–Crippen LogP) is 2.12. The van der Waals surface area contributed by atoms with E-state index in [1.54, 1.807) is 28.6 Å². The van der Waals surface area contributed by atoms with Gasteiger partial charge in [0, 0.05) is 20.1 Å². The highest BCUT2D eigenvalue weighted by atomic mass is 32.2. The molecule has 20 heavy (non-hydrogen) atoms. The summed E-state index contributed by atoms with van der Waals surface area (Å²) in [4.78, 5) is 0. The molecule has 0 aromatic heterocycles. The standard InChI is InChI=1S/C14H19N3O2S/c1-16(14-8-6-7-13(11-14)12-15)20(18,19)17-9-4-2-3-5-10-17/h6-8,11H,2-5,9-10H2,1H3. The lowest BCUT2D eigenvalue weighted by Crippen LogP contribution is -2.42. The van der Waals surface area contributed by atoms with Gasteiger partial charge in [-0.3, -0.25) is 4.31 Å². The molecule has 1 aliphatic heterocycles. The van der Waals surface area contributed by atoms with Gasteiger partial charge in [0.05, 0.1) is 17.3 Å². The maximum atomic E-state index is 12.6. The van der Waals surface area contributed by atoms with Gasteiger partial charge >= 0.3 is 10.2 Å². The fraction of sp³-hybridized carbons (Fsp3) is 0.500. The highest BCUT2D eigenvalue weighted by molar-refractivity contribution is 7.90. The average Bonchev–Trinajstić information content (AvgIpc) is 2.76. The van der Waals surface area contributed by atoms with E-state index in [4.69, 9.17) is 5.26 Å². The molecule has 0 bridgehead atoms. The number of benzene rings is 1. The molecular formula is C14H19N3O2S. The summed E-state index contributed by atoms with van der Waals surface area (Å²) in [6.45, 7) is 1.15. The Kier molecular flexibility index (Phi) is 4.63. The Morgan fingerprint density at radius 2 is 1.85 bits per heavy atom. The predicted molar refractivity (Wildman–Crippen MR) is 78.5 cm³/mol. The second kappa shape index (κ2) is 6.25. The van der Waals surface area contributed by atoms with Gasteiger partial charge in [0.2, 0.25) is 0 Å². The van der Waals surface area contributed by atoms with Crippen LogP contribution in [0, 0.1) is 11.3 Å². The molecule has 1 fully saturated rings. The van der Waals surface area contributed by atoms with Crippen LogP contribution >= 0.6 is 0 Å². The zero-order chi connectivity index (χ0) is 14.6. The minimum atomic E-state index is -3.51. The Labute approximate surface area is 120 Å². The van der Waals surface area contributed by atoms with Crippen LogP contribution in [0.15, 0.2) is 24.3 Å². The highest BCUT2D eigenvalue weighted by Gasteiger charge is 2.27. The van der Waals surface area contributed by atoms with E-state index in [0.29, 0.717) is 24.3 Å². The summed E-state index contributed by atoms with van der Waals surface area (Å²) in [6, 6.07) is 8.68. The molecule has 6 heteroatoms. The Balaban J connectivity index is 2.25. The topological polar surface area (TPSA) is 64.4 Å². The Morgan fingerprint density at radius 3 is 2.45 bits per heavy atom. The maximum absolute atomic E-state index is 12.6.